The molecule has 1 heterocycles. The van der Waals surface area contributed by atoms with Gasteiger partial charge >= 0.3 is 0 Å². The number of rotatable bonds is 5. The van der Waals surface area contributed by atoms with Gasteiger partial charge in [0, 0.05) is 25.0 Å². The first kappa shape index (κ1) is 12.2. The zero-order valence-corrected chi connectivity index (χ0v) is 9.75. The molecule has 1 aromatic heterocycles. The first-order valence-electron chi connectivity index (χ1n) is 5.34. The number of hydrogen-bond acceptors (Lipinski definition) is 3. The van der Waals surface area contributed by atoms with E-state index in [9.17, 15) is 5.11 Å². The standard InChI is InChI=1S/C11H21N3O/c1-11(2,3)6-10(15)8-12-7-9-4-5-13-14-9/h4-5,10,12,15H,6-8H2,1-3H3,(H,13,14). The topological polar surface area (TPSA) is 60.9 Å². The van der Waals surface area contributed by atoms with Gasteiger partial charge in [-0.1, -0.05) is 20.8 Å². The molecule has 0 aliphatic carbocycles. The number of aromatic amines is 1. The Bertz CT molecular complexity index is 264. The van der Waals surface area contributed by atoms with Crippen molar-refractivity contribution in [1.82, 2.24) is 15.5 Å². The van der Waals surface area contributed by atoms with Crippen LogP contribution in [0.2, 0.25) is 0 Å². The maximum atomic E-state index is 9.73. The second kappa shape index (κ2) is 5.28. The molecule has 0 amide bonds. The fourth-order valence-electron chi connectivity index (χ4n) is 1.54. The van der Waals surface area contributed by atoms with Gasteiger partial charge in [0.1, 0.15) is 0 Å². The maximum Gasteiger partial charge on any atom is 0.0669 e. The van der Waals surface area contributed by atoms with E-state index in [4.69, 9.17) is 0 Å². The highest BCUT2D eigenvalue weighted by atomic mass is 16.3. The molecule has 0 radical (unpaired) electrons. The van der Waals surface area contributed by atoms with Crippen molar-refractivity contribution in [3.63, 3.8) is 0 Å². The zero-order chi connectivity index (χ0) is 11.3. The Hall–Kier alpha value is -0.870. The summed E-state index contributed by atoms with van der Waals surface area (Å²) in [7, 11) is 0. The van der Waals surface area contributed by atoms with Gasteiger partial charge in [-0.15, -0.1) is 0 Å². The Morgan fingerprint density at radius 2 is 2.27 bits per heavy atom. The molecule has 0 aromatic carbocycles. The van der Waals surface area contributed by atoms with E-state index in [1.54, 1.807) is 6.20 Å². The van der Waals surface area contributed by atoms with Crippen molar-refractivity contribution >= 4 is 0 Å². The normalized spacial score (nSPS) is 14.1. The Kier molecular flexibility index (Phi) is 4.29. The van der Waals surface area contributed by atoms with Crippen molar-refractivity contribution in [2.45, 2.75) is 39.8 Å². The predicted molar refractivity (Wildman–Crippen MR) is 60.4 cm³/mol. The van der Waals surface area contributed by atoms with Crippen molar-refractivity contribution in [2.75, 3.05) is 6.54 Å². The van der Waals surface area contributed by atoms with Crippen LogP contribution in [0.15, 0.2) is 12.3 Å². The van der Waals surface area contributed by atoms with Gasteiger partial charge in [-0.25, -0.2) is 0 Å². The minimum absolute atomic E-state index is 0.176. The van der Waals surface area contributed by atoms with Gasteiger partial charge < -0.3 is 10.4 Å². The molecule has 0 saturated heterocycles. The molecule has 15 heavy (non-hydrogen) atoms. The second-order valence-corrected chi connectivity index (χ2v) is 5.13. The van der Waals surface area contributed by atoms with Crippen LogP contribution in [0, 0.1) is 5.41 Å². The highest BCUT2D eigenvalue weighted by molar-refractivity contribution is 4.96. The van der Waals surface area contributed by atoms with Crippen LogP contribution in [0.3, 0.4) is 0 Å². The van der Waals surface area contributed by atoms with Gasteiger partial charge in [0.25, 0.3) is 0 Å². The summed E-state index contributed by atoms with van der Waals surface area (Å²) in [6, 6.07) is 1.92. The largest absolute Gasteiger partial charge is 0.392 e. The molecule has 86 valence electrons. The predicted octanol–water partition coefficient (Wildman–Crippen LogP) is 1.30. The number of hydrogen-bond donors (Lipinski definition) is 3. The van der Waals surface area contributed by atoms with Crippen LogP contribution in [0.4, 0.5) is 0 Å². The summed E-state index contributed by atoms with van der Waals surface area (Å²) in [6.07, 6.45) is 2.25. The fraction of sp³-hybridized carbons (Fsp3) is 0.727. The number of aromatic nitrogens is 2. The van der Waals surface area contributed by atoms with Crippen molar-refractivity contribution < 1.29 is 5.11 Å². The van der Waals surface area contributed by atoms with Crippen LogP contribution in [0.1, 0.15) is 32.9 Å². The van der Waals surface area contributed by atoms with Gasteiger partial charge in [0.15, 0.2) is 0 Å². The molecule has 4 nitrogen and oxygen atoms in total. The molecule has 0 spiro atoms. The molecule has 0 saturated carbocycles. The third-order valence-corrected chi connectivity index (χ3v) is 2.10. The molecule has 4 heteroatoms. The first-order chi connectivity index (χ1) is 6.97. The summed E-state index contributed by atoms with van der Waals surface area (Å²) >= 11 is 0. The summed E-state index contributed by atoms with van der Waals surface area (Å²) in [5.74, 6) is 0. The van der Waals surface area contributed by atoms with E-state index in [-0.39, 0.29) is 11.5 Å². The third-order valence-electron chi connectivity index (χ3n) is 2.10. The minimum Gasteiger partial charge on any atom is -0.392 e. The Morgan fingerprint density at radius 1 is 1.53 bits per heavy atom. The van der Waals surface area contributed by atoms with E-state index in [1.165, 1.54) is 0 Å². The van der Waals surface area contributed by atoms with E-state index < -0.39 is 0 Å². The van der Waals surface area contributed by atoms with E-state index >= 15 is 0 Å². The fourth-order valence-corrected chi connectivity index (χ4v) is 1.54. The lowest BCUT2D eigenvalue weighted by molar-refractivity contribution is 0.119. The highest BCUT2D eigenvalue weighted by Gasteiger charge is 2.15. The average Bonchev–Trinajstić information content (AvgIpc) is 2.53. The van der Waals surface area contributed by atoms with Crippen LogP contribution in [0.25, 0.3) is 0 Å². The minimum atomic E-state index is -0.284. The number of nitrogens with zero attached hydrogens (tertiary/aromatic N) is 1. The van der Waals surface area contributed by atoms with Crippen LogP contribution in [0.5, 0.6) is 0 Å². The summed E-state index contributed by atoms with van der Waals surface area (Å²) < 4.78 is 0. The van der Waals surface area contributed by atoms with Crippen LogP contribution < -0.4 is 5.32 Å². The zero-order valence-electron chi connectivity index (χ0n) is 9.75. The van der Waals surface area contributed by atoms with Crippen molar-refractivity contribution in [3.05, 3.63) is 18.0 Å². The number of aliphatic hydroxyl groups excluding tert-OH is 1. The highest BCUT2D eigenvalue weighted by Crippen LogP contribution is 2.20. The van der Waals surface area contributed by atoms with Crippen molar-refractivity contribution in [3.8, 4) is 0 Å². The molecule has 1 unspecified atom stereocenters. The van der Waals surface area contributed by atoms with Crippen LogP contribution in [-0.4, -0.2) is 28.0 Å². The molecule has 3 N–H and O–H groups in total. The molecule has 0 fully saturated rings. The Morgan fingerprint density at radius 3 is 2.80 bits per heavy atom. The van der Waals surface area contributed by atoms with Crippen LogP contribution >= 0.6 is 0 Å². The summed E-state index contributed by atoms with van der Waals surface area (Å²) in [5, 5.41) is 19.6. The average molecular weight is 211 g/mol. The van der Waals surface area contributed by atoms with E-state index in [0.717, 1.165) is 18.7 Å². The number of aliphatic hydroxyl groups is 1. The Labute approximate surface area is 91.1 Å². The summed E-state index contributed by atoms with van der Waals surface area (Å²) in [6.45, 7) is 7.73. The second-order valence-electron chi connectivity index (χ2n) is 5.13. The number of H-pyrrole nitrogens is 1. The molecular weight excluding hydrogens is 190 g/mol. The monoisotopic (exact) mass is 211 g/mol. The quantitative estimate of drug-likeness (QED) is 0.688. The van der Waals surface area contributed by atoms with Gasteiger partial charge in [0.2, 0.25) is 0 Å². The van der Waals surface area contributed by atoms with E-state index in [1.807, 2.05) is 6.07 Å². The molecular formula is C11H21N3O. The molecule has 1 aromatic rings. The third kappa shape index (κ3) is 5.54. The van der Waals surface area contributed by atoms with E-state index in [2.05, 4.69) is 36.3 Å². The molecule has 0 aliphatic rings. The first-order valence-corrected chi connectivity index (χ1v) is 5.34. The van der Waals surface area contributed by atoms with Gasteiger partial charge in [-0.3, -0.25) is 5.10 Å². The SMILES string of the molecule is CC(C)(C)CC(O)CNCc1ccn[nH]1. The lowest BCUT2D eigenvalue weighted by Gasteiger charge is -2.22. The van der Waals surface area contributed by atoms with Gasteiger partial charge in [-0.2, -0.15) is 5.10 Å². The van der Waals surface area contributed by atoms with Gasteiger partial charge in [0.05, 0.1) is 6.10 Å². The molecule has 0 bridgehead atoms. The van der Waals surface area contributed by atoms with Crippen LogP contribution in [-0.2, 0) is 6.54 Å². The molecule has 1 rings (SSSR count). The lowest BCUT2D eigenvalue weighted by Crippen LogP contribution is -2.29. The summed E-state index contributed by atoms with van der Waals surface area (Å²) in [4.78, 5) is 0. The maximum absolute atomic E-state index is 9.73. The van der Waals surface area contributed by atoms with Gasteiger partial charge in [-0.05, 0) is 17.9 Å². The molecule has 0 aliphatic heterocycles. The summed E-state index contributed by atoms with van der Waals surface area (Å²) in [5.41, 5.74) is 1.22. The van der Waals surface area contributed by atoms with Crippen molar-refractivity contribution in [1.29, 1.82) is 0 Å². The molecule has 1 atom stereocenters. The smallest absolute Gasteiger partial charge is 0.0669 e. The Balaban J connectivity index is 2.15. The van der Waals surface area contributed by atoms with Crippen molar-refractivity contribution in [2.24, 2.45) is 5.41 Å². The van der Waals surface area contributed by atoms with E-state index in [0.29, 0.717) is 6.54 Å². The number of nitrogens with one attached hydrogen (secondary N) is 2. The lowest BCUT2D eigenvalue weighted by atomic mass is 9.89.